The van der Waals surface area contributed by atoms with E-state index in [-0.39, 0.29) is 11.8 Å². The largest absolute Gasteiger partial charge is 0.380 e. The lowest BCUT2D eigenvalue weighted by molar-refractivity contribution is 0.101. The number of hydrogen-bond acceptors (Lipinski definition) is 4. The summed E-state index contributed by atoms with van der Waals surface area (Å²) in [6.07, 6.45) is 0. The maximum absolute atomic E-state index is 12.5. The summed E-state index contributed by atoms with van der Waals surface area (Å²) in [6.45, 7) is 5.53. The normalized spacial score (nSPS) is 14.1. The molecular weight excluding hydrogens is 354 g/mol. The van der Waals surface area contributed by atoms with E-state index in [4.69, 9.17) is 4.74 Å². The average molecular weight is 381 g/mol. The molecule has 0 aliphatic carbocycles. The molecule has 6 heteroatoms. The second kappa shape index (κ2) is 9.37. The number of ether oxygens (including phenoxy) is 1. The molecule has 6 nitrogen and oxygen atoms in total. The number of anilines is 1. The lowest BCUT2D eigenvalue weighted by atomic mass is 10.1. The minimum Gasteiger partial charge on any atom is -0.380 e. The lowest BCUT2D eigenvalue weighted by Gasteiger charge is -2.36. The van der Waals surface area contributed by atoms with Gasteiger partial charge in [0.2, 0.25) is 0 Å². The zero-order chi connectivity index (χ0) is 19.9. The number of amides is 2. The minimum absolute atomic E-state index is 0.0382. The van der Waals surface area contributed by atoms with Crippen LogP contribution in [0.25, 0.3) is 0 Å². The first kappa shape index (κ1) is 19.9. The topological polar surface area (TPSA) is 61.9 Å². The van der Waals surface area contributed by atoms with E-state index in [1.54, 1.807) is 14.0 Å². The van der Waals surface area contributed by atoms with E-state index in [1.165, 1.54) is 0 Å². The third-order valence-corrected chi connectivity index (χ3v) is 4.95. The Morgan fingerprint density at radius 2 is 1.68 bits per heavy atom. The van der Waals surface area contributed by atoms with Gasteiger partial charge in [-0.15, -0.1) is 0 Å². The summed E-state index contributed by atoms with van der Waals surface area (Å²) in [7, 11) is 1.67. The summed E-state index contributed by atoms with van der Waals surface area (Å²) >= 11 is 0. The number of benzene rings is 2. The van der Waals surface area contributed by atoms with Crippen LogP contribution in [0.4, 0.5) is 10.5 Å². The summed E-state index contributed by atoms with van der Waals surface area (Å²) in [6, 6.07) is 15.7. The van der Waals surface area contributed by atoms with E-state index in [0.29, 0.717) is 26.2 Å². The Morgan fingerprint density at radius 1 is 1.00 bits per heavy atom. The van der Waals surface area contributed by atoms with E-state index in [9.17, 15) is 9.59 Å². The van der Waals surface area contributed by atoms with Crippen LogP contribution in [0.15, 0.2) is 48.5 Å². The fraction of sp³-hybridized carbons (Fsp3) is 0.364. The van der Waals surface area contributed by atoms with Gasteiger partial charge in [-0.1, -0.05) is 24.3 Å². The van der Waals surface area contributed by atoms with Crippen molar-refractivity contribution in [1.82, 2.24) is 10.2 Å². The standard InChI is InChI=1S/C22H27N3O3/c1-17(26)20-6-8-21(9-7-20)24-10-12-25(13-11-24)22(27)23-15-18-4-3-5-19(14-18)16-28-2/h3-9,14H,10-13,15-16H2,1-2H3,(H,23,27). The number of carbonyl (C=O) groups is 2. The monoisotopic (exact) mass is 381 g/mol. The molecule has 2 aromatic carbocycles. The SMILES string of the molecule is COCc1cccc(CNC(=O)N2CCN(c3ccc(C(C)=O)cc3)CC2)c1. The van der Waals surface area contributed by atoms with Crippen LogP contribution in [-0.4, -0.2) is 50.0 Å². The van der Waals surface area contributed by atoms with Crippen molar-refractivity contribution < 1.29 is 14.3 Å². The highest BCUT2D eigenvalue weighted by atomic mass is 16.5. The van der Waals surface area contributed by atoms with Crippen LogP contribution in [0.2, 0.25) is 0 Å². The Balaban J connectivity index is 1.48. The molecule has 2 amide bonds. The van der Waals surface area contributed by atoms with E-state index in [1.807, 2.05) is 53.4 Å². The maximum atomic E-state index is 12.5. The molecule has 1 saturated heterocycles. The molecule has 1 aliphatic rings. The summed E-state index contributed by atoms with van der Waals surface area (Å²) in [5.74, 6) is 0.0702. The minimum atomic E-state index is -0.0382. The Kier molecular flexibility index (Phi) is 6.66. The summed E-state index contributed by atoms with van der Waals surface area (Å²) in [5, 5.41) is 3.00. The number of ketones is 1. The maximum Gasteiger partial charge on any atom is 0.317 e. The fourth-order valence-corrected chi connectivity index (χ4v) is 3.36. The van der Waals surface area contributed by atoms with Gasteiger partial charge in [-0.2, -0.15) is 0 Å². The molecular formula is C22H27N3O3. The van der Waals surface area contributed by atoms with Gasteiger partial charge in [-0.25, -0.2) is 4.79 Å². The first-order chi connectivity index (χ1) is 13.6. The molecule has 0 spiro atoms. The Morgan fingerprint density at radius 3 is 2.32 bits per heavy atom. The number of urea groups is 1. The number of methoxy groups -OCH3 is 1. The second-order valence-electron chi connectivity index (χ2n) is 6.99. The van der Waals surface area contributed by atoms with Crippen molar-refractivity contribution in [2.75, 3.05) is 38.2 Å². The summed E-state index contributed by atoms with van der Waals surface area (Å²) in [5.41, 5.74) is 3.96. The van der Waals surface area contributed by atoms with Crippen molar-refractivity contribution in [2.24, 2.45) is 0 Å². The van der Waals surface area contributed by atoms with Crippen molar-refractivity contribution in [1.29, 1.82) is 0 Å². The summed E-state index contributed by atoms with van der Waals surface area (Å²) in [4.78, 5) is 28.0. The van der Waals surface area contributed by atoms with Crippen LogP contribution < -0.4 is 10.2 Å². The molecule has 28 heavy (non-hydrogen) atoms. The van der Waals surface area contributed by atoms with E-state index >= 15 is 0 Å². The van der Waals surface area contributed by atoms with Crippen LogP contribution in [0, 0.1) is 0 Å². The number of hydrogen-bond donors (Lipinski definition) is 1. The third kappa shape index (κ3) is 5.10. The smallest absolute Gasteiger partial charge is 0.317 e. The average Bonchev–Trinajstić information content (AvgIpc) is 2.73. The number of nitrogens with zero attached hydrogens (tertiary/aromatic N) is 2. The number of Topliss-reactive ketones (excluding diaryl/α,β-unsaturated/α-hetero) is 1. The van der Waals surface area contributed by atoms with Crippen LogP contribution in [0.1, 0.15) is 28.4 Å². The molecule has 0 bridgehead atoms. The highest BCUT2D eigenvalue weighted by Gasteiger charge is 2.21. The predicted molar refractivity (Wildman–Crippen MR) is 110 cm³/mol. The highest BCUT2D eigenvalue weighted by Crippen LogP contribution is 2.18. The van der Waals surface area contributed by atoms with Crippen LogP contribution >= 0.6 is 0 Å². The van der Waals surface area contributed by atoms with Gasteiger partial charge >= 0.3 is 6.03 Å². The van der Waals surface area contributed by atoms with Crippen molar-refractivity contribution in [2.45, 2.75) is 20.1 Å². The molecule has 1 aliphatic heterocycles. The molecule has 0 unspecified atom stereocenters. The Labute approximate surface area is 166 Å². The number of piperazine rings is 1. The predicted octanol–water partition coefficient (Wildman–Crippen LogP) is 3.07. The van der Waals surface area contributed by atoms with Gasteiger partial charge in [-0.05, 0) is 42.3 Å². The Hall–Kier alpha value is -2.86. The molecule has 2 aromatic rings. The molecule has 1 N–H and O–H groups in total. The molecule has 148 valence electrons. The van der Waals surface area contributed by atoms with Crippen LogP contribution in [0.5, 0.6) is 0 Å². The van der Waals surface area contributed by atoms with Gasteiger partial charge < -0.3 is 19.9 Å². The van der Waals surface area contributed by atoms with Gasteiger partial charge in [0.25, 0.3) is 0 Å². The van der Waals surface area contributed by atoms with E-state index in [2.05, 4.69) is 10.2 Å². The van der Waals surface area contributed by atoms with E-state index < -0.39 is 0 Å². The first-order valence-corrected chi connectivity index (χ1v) is 9.52. The lowest BCUT2D eigenvalue weighted by Crippen LogP contribution is -2.51. The fourth-order valence-electron chi connectivity index (χ4n) is 3.36. The molecule has 0 saturated carbocycles. The Bertz CT molecular complexity index is 812. The molecule has 0 atom stereocenters. The van der Waals surface area contributed by atoms with Gasteiger partial charge in [0.1, 0.15) is 0 Å². The van der Waals surface area contributed by atoms with Crippen LogP contribution in [-0.2, 0) is 17.9 Å². The first-order valence-electron chi connectivity index (χ1n) is 9.52. The zero-order valence-corrected chi connectivity index (χ0v) is 16.5. The molecule has 1 heterocycles. The van der Waals surface area contributed by atoms with Gasteiger partial charge in [0.15, 0.2) is 5.78 Å². The molecule has 3 rings (SSSR count). The van der Waals surface area contributed by atoms with E-state index in [0.717, 1.165) is 35.5 Å². The highest BCUT2D eigenvalue weighted by molar-refractivity contribution is 5.94. The van der Waals surface area contributed by atoms with Crippen molar-refractivity contribution >= 4 is 17.5 Å². The third-order valence-electron chi connectivity index (χ3n) is 4.95. The number of carbonyl (C=O) groups excluding carboxylic acids is 2. The van der Waals surface area contributed by atoms with Gasteiger partial charge in [0, 0.05) is 51.1 Å². The van der Waals surface area contributed by atoms with Gasteiger partial charge in [0.05, 0.1) is 6.61 Å². The van der Waals surface area contributed by atoms with Crippen molar-refractivity contribution in [3.63, 3.8) is 0 Å². The summed E-state index contributed by atoms with van der Waals surface area (Å²) < 4.78 is 5.15. The molecule has 0 aromatic heterocycles. The van der Waals surface area contributed by atoms with Crippen LogP contribution in [0.3, 0.4) is 0 Å². The quantitative estimate of drug-likeness (QED) is 0.781. The number of rotatable bonds is 6. The van der Waals surface area contributed by atoms with Crippen molar-refractivity contribution in [3.8, 4) is 0 Å². The molecule has 1 fully saturated rings. The van der Waals surface area contributed by atoms with Gasteiger partial charge in [-0.3, -0.25) is 4.79 Å². The molecule has 0 radical (unpaired) electrons. The number of nitrogens with one attached hydrogen (secondary N) is 1. The second-order valence-corrected chi connectivity index (χ2v) is 6.99. The zero-order valence-electron chi connectivity index (χ0n) is 16.5. The van der Waals surface area contributed by atoms with Crippen molar-refractivity contribution in [3.05, 3.63) is 65.2 Å².